The summed E-state index contributed by atoms with van der Waals surface area (Å²) in [6.45, 7) is 4.01. The van der Waals surface area contributed by atoms with E-state index in [1.165, 1.54) is 15.7 Å². The maximum Gasteiger partial charge on any atom is 0.282 e. The zero-order valence-electron chi connectivity index (χ0n) is 11.1. The molecule has 3 N–H and O–H groups in total. The van der Waals surface area contributed by atoms with Crippen molar-refractivity contribution in [3.63, 3.8) is 0 Å². The van der Waals surface area contributed by atoms with Crippen molar-refractivity contribution in [3.05, 3.63) is 0 Å². The first kappa shape index (κ1) is 15.2. The molecule has 106 valence electrons. The highest BCUT2D eigenvalue weighted by Gasteiger charge is 2.37. The number of piperidine rings is 1. The van der Waals surface area contributed by atoms with Gasteiger partial charge in [-0.05, 0) is 26.7 Å². The van der Waals surface area contributed by atoms with E-state index in [-0.39, 0.29) is 11.9 Å². The van der Waals surface area contributed by atoms with Crippen molar-refractivity contribution in [1.82, 2.24) is 8.61 Å². The minimum atomic E-state index is -3.57. The van der Waals surface area contributed by atoms with Crippen LogP contribution in [0.1, 0.15) is 33.1 Å². The highest BCUT2D eigenvalue weighted by molar-refractivity contribution is 7.86. The van der Waals surface area contributed by atoms with Crippen LogP contribution in [0.4, 0.5) is 0 Å². The molecule has 1 rings (SSSR count). The molecule has 0 aromatic rings. The Kier molecular flexibility index (Phi) is 4.94. The summed E-state index contributed by atoms with van der Waals surface area (Å²) in [6, 6.07) is -0.681. The first-order valence-corrected chi connectivity index (χ1v) is 7.44. The maximum atomic E-state index is 12.4. The lowest BCUT2D eigenvalue weighted by Gasteiger charge is -2.37. The molecule has 0 radical (unpaired) electrons. The summed E-state index contributed by atoms with van der Waals surface area (Å²) in [6.07, 6.45) is 2.25. The Morgan fingerprint density at radius 3 is 2.61 bits per heavy atom. The van der Waals surface area contributed by atoms with E-state index in [2.05, 4.69) is 5.16 Å². The fourth-order valence-corrected chi connectivity index (χ4v) is 3.73. The SMILES string of the molecule is CC(C)N(C)S(=O)(=O)N1CCCCC1C(N)=NO. The number of hydrogen-bond donors (Lipinski definition) is 2. The lowest BCUT2D eigenvalue weighted by Crippen LogP contribution is -2.55. The molecule has 1 unspecified atom stereocenters. The second-order valence-corrected chi connectivity index (χ2v) is 6.71. The number of nitrogens with two attached hydrogens (primary N) is 1. The summed E-state index contributed by atoms with van der Waals surface area (Å²) in [5.41, 5.74) is 5.59. The largest absolute Gasteiger partial charge is 0.409 e. The van der Waals surface area contributed by atoms with Crippen LogP contribution < -0.4 is 5.73 Å². The van der Waals surface area contributed by atoms with Crippen LogP contribution in [-0.4, -0.2) is 53.7 Å². The molecular weight excluding hydrogens is 256 g/mol. The smallest absolute Gasteiger partial charge is 0.282 e. The number of hydrogen-bond acceptors (Lipinski definition) is 4. The molecular formula is C10H22N4O3S. The van der Waals surface area contributed by atoms with Gasteiger partial charge in [-0.3, -0.25) is 0 Å². The van der Waals surface area contributed by atoms with Crippen LogP contribution in [0.2, 0.25) is 0 Å². The highest BCUT2D eigenvalue weighted by Crippen LogP contribution is 2.23. The van der Waals surface area contributed by atoms with E-state index in [0.29, 0.717) is 13.0 Å². The van der Waals surface area contributed by atoms with Gasteiger partial charge in [0, 0.05) is 19.6 Å². The summed E-state index contributed by atoms with van der Waals surface area (Å²) in [5, 5.41) is 11.7. The fourth-order valence-electron chi connectivity index (χ4n) is 1.98. The van der Waals surface area contributed by atoms with E-state index < -0.39 is 16.3 Å². The summed E-state index contributed by atoms with van der Waals surface area (Å²) < 4.78 is 27.5. The van der Waals surface area contributed by atoms with Crippen LogP contribution in [0.15, 0.2) is 5.16 Å². The van der Waals surface area contributed by atoms with Crippen molar-refractivity contribution >= 4 is 16.0 Å². The van der Waals surface area contributed by atoms with E-state index >= 15 is 0 Å². The Bertz CT molecular complexity index is 407. The molecule has 0 aromatic heterocycles. The van der Waals surface area contributed by atoms with Gasteiger partial charge in [0.15, 0.2) is 5.84 Å². The van der Waals surface area contributed by atoms with Crippen LogP contribution >= 0.6 is 0 Å². The Hall–Kier alpha value is -0.860. The van der Waals surface area contributed by atoms with Crippen molar-refractivity contribution in [2.24, 2.45) is 10.9 Å². The minimum absolute atomic E-state index is 0.0459. The first-order chi connectivity index (χ1) is 8.32. The van der Waals surface area contributed by atoms with Crippen LogP contribution in [-0.2, 0) is 10.2 Å². The van der Waals surface area contributed by atoms with Gasteiger partial charge in [-0.1, -0.05) is 11.6 Å². The van der Waals surface area contributed by atoms with Crippen molar-refractivity contribution in [2.75, 3.05) is 13.6 Å². The molecule has 0 spiro atoms. The molecule has 1 aliphatic rings. The number of nitrogens with zero attached hydrogens (tertiary/aromatic N) is 3. The third-order valence-corrected chi connectivity index (χ3v) is 5.48. The van der Waals surface area contributed by atoms with Gasteiger partial charge in [-0.2, -0.15) is 17.0 Å². The summed E-state index contributed by atoms with van der Waals surface area (Å²) in [5.74, 6) is -0.0459. The number of rotatable bonds is 4. The molecule has 0 saturated carbocycles. The Labute approximate surface area is 108 Å². The number of oxime groups is 1. The van der Waals surface area contributed by atoms with E-state index in [9.17, 15) is 8.42 Å². The van der Waals surface area contributed by atoms with Gasteiger partial charge in [-0.25, -0.2) is 0 Å². The van der Waals surface area contributed by atoms with Gasteiger partial charge in [0.25, 0.3) is 10.2 Å². The molecule has 1 heterocycles. The molecule has 0 aliphatic carbocycles. The lowest BCUT2D eigenvalue weighted by atomic mass is 10.0. The van der Waals surface area contributed by atoms with Gasteiger partial charge < -0.3 is 10.9 Å². The second kappa shape index (κ2) is 5.85. The zero-order valence-corrected chi connectivity index (χ0v) is 11.9. The Morgan fingerprint density at radius 1 is 1.50 bits per heavy atom. The van der Waals surface area contributed by atoms with Crippen molar-refractivity contribution in [1.29, 1.82) is 0 Å². The second-order valence-electron chi connectivity index (χ2n) is 4.76. The van der Waals surface area contributed by atoms with Gasteiger partial charge in [-0.15, -0.1) is 0 Å². The van der Waals surface area contributed by atoms with Gasteiger partial charge in [0.2, 0.25) is 0 Å². The third-order valence-electron chi connectivity index (χ3n) is 3.30. The molecule has 1 fully saturated rings. The molecule has 8 heteroatoms. The summed E-state index contributed by atoms with van der Waals surface area (Å²) in [4.78, 5) is 0. The van der Waals surface area contributed by atoms with Gasteiger partial charge in [0.1, 0.15) is 0 Å². The minimum Gasteiger partial charge on any atom is -0.409 e. The topological polar surface area (TPSA) is 99.2 Å². The molecule has 0 bridgehead atoms. The summed E-state index contributed by atoms with van der Waals surface area (Å²) in [7, 11) is -2.03. The average molecular weight is 278 g/mol. The summed E-state index contributed by atoms with van der Waals surface area (Å²) >= 11 is 0. The quantitative estimate of drug-likeness (QED) is 0.331. The van der Waals surface area contributed by atoms with Gasteiger partial charge in [0.05, 0.1) is 6.04 Å². The van der Waals surface area contributed by atoms with Crippen LogP contribution in [0.5, 0.6) is 0 Å². The predicted molar refractivity (Wildman–Crippen MR) is 69.6 cm³/mol. The van der Waals surface area contributed by atoms with Gasteiger partial charge >= 0.3 is 0 Å². The molecule has 1 atom stereocenters. The van der Waals surface area contributed by atoms with E-state index in [1.54, 1.807) is 13.8 Å². The fraction of sp³-hybridized carbons (Fsp3) is 0.900. The molecule has 0 amide bonds. The molecule has 18 heavy (non-hydrogen) atoms. The van der Waals surface area contributed by atoms with Crippen LogP contribution in [0.25, 0.3) is 0 Å². The monoisotopic (exact) mass is 278 g/mol. The number of amidine groups is 1. The van der Waals surface area contributed by atoms with E-state index in [1.807, 2.05) is 0 Å². The molecule has 7 nitrogen and oxygen atoms in total. The standard InChI is InChI=1S/C10H22N4O3S/c1-8(2)13(3)18(16,17)14-7-5-4-6-9(14)10(11)12-15/h8-9,15H,4-7H2,1-3H3,(H2,11,12). The van der Waals surface area contributed by atoms with Crippen LogP contribution in [0, 0.1) is 0 Å². The van der Waals surface area contributed by atoms with E-state index in [0.717, 1.165) is 12.8 Å². The van der Waals surface area contributed by atoms with Crippen molar-refractivity contribution in [2.45, 2.75) is 45.2 Å². The average Bonchev–Trinajstić information content (AvgIpc) is 2.36. The Morgan fingerprint density at radius 2 is 2.11 bits per heavy atom. The van der Waals surface area contributed by atoms with Crippen molar-refractivity contribution < 1.29 is 13.6 Å². The molecule has 1 saturated heterocycles. The highest BCUT2D eigenvalue weighted by atomic mass is 32.2. The third kappa shape index (κ3) is 2.93. The molecule has 1 aliphatic heterocycles. The van der Waals surface area contributed by atoms with Crippen molar-refractivity contribution in [3.8, 4) is 0 Å². The lowest BCUT2D eigenvalue weighted by molar-refractivity contribution is 0.260. The molecule has 0 aromatic carbocycles. The normalized spacial score (nSPS) is 23.8. The maximum absolute atomic E-state index is 12.4. The zero-order chi connectivity index (χ0) is 13.9. The van der Waals surface area contributed by atoms with Crippen LogP contribution in [0.3, 0.4) is 0 Å². The first-order valence-electron chi connectivity index (χ1n) is 6.04. The Balaban J connectivity index is 3.04. The predicted octanol–water partition coefficient (Wildman–Crippen LogP) is 0.172. The van der Waals surface area contributed by atoms with E-state index in [4.69, 9.17) is 10.9 Å².